The predicted octanol–water partition coefficient (Wildman–Crippen LogP) is 3.13. The molecule has 1 atom stereocenters. The molecule has 32 heavy (non-hydrogen) atoms. The van der Waals surface area contributed by atoms with E-state index in [0.29, 0.717) is 5.56 Å². The maximum Gasteiger partial charge on any atom is 0.313 e. The van der Waals surface area contributed by atoms with Gasteiger partial charge in [-0.05, 0) is 50.8 Å². The van der Waals surface area contributed by atoms with Crippen LogP contribution in [0, 0.1) is 0 Å². The van der Waals surface area contributed by atoms with Crippen LogP contribution in [0.5, 0.6) is 0 Å². The van der Waals surface area contributed by atoms with Crippen LogP contribution >= 0.6 is 0 Å². The van der Waals surface area contributed by atoms with Crippen LogP contribution in [0.4, 0.5) is 0 Å². The van der Waals surface area contributed by atoms with Crippen molar-refractivity contribution >= 4 is 17.7 Å². The number of hydrogen-bond acceptors (Lipinski definition) is 4. The smallest absolute Gasteiger partial charge is 0.313 e. The van der Waals surface area contributed by atoms with Crippen molar-refractivity contribution in [2.75, 3.05) is 0 Å². The Kier molecular flexibility index (Phi) is 7.62. The highest BCUT2D eigenvalue weighted by Crippen LogP contribution is 2.25. The SMILES string of the molecule is CC(C)(C)NC(=O)[C@@H](c1ccccc1)N(Cc1cccnc1)C(=O)C(=O)NC1CCCC1. The Hall–Kier alpha value is -3.22. The maximum absolute atomic E-state index is 13.4. The van der Waals surface area contributed by atoms with E-state index in [4.69, 9.17) is 0 Å². The number of pyridine rings is 1. The first-order chi connectivity index (χ1) is 15.2. The average Bonchev–Trinajstić information content (AvgIpc) is 3.26. The quantitative estimate of drug-likeness (QED) is 0.681. The van der Waals surface area contributed by atoms with Gasteiger partial charge in [0.2, 0.25) is 5.91 Å². The van der Waals surface area contributed by atoms with E-state index in [1.54, 1.807) is 30.6 Å². The van der Waals surface area contributed by atoms with Gasteiger partial charge < -0.3 is 15.5 Å². The van der Waals surface area contributed by atoms with E-state index < -0.39 is 23.4 Å². The van der Waals surface area contributed by atoms with Gasteiger partial charge in [0.15, 0.2) is 0 Å². The van der Waals surface area contributed by atoms with E-state index in [1.807, 2.05) is 45.0 Å². The van der Waals surface area contributed by atoms with Crippen LogP contribution in [0.1, 0.15) is 63.6 Å². The fourth-order valence-electron chi connectivity index (χ4n) is 3.96. The van der Waals surface area contributed by atoms with Gasteiger partial charge in [0, 0.05) is 30.5 Å². The third-order valence-corrected chi connectivity index (χ3v) is 5.39. The van der Waals surface area contributed by atoms with E-state index in [0.717, 1.165) is 31.2 Å². The van der Waals surface area contributed by atoms with Gasteiger partial charge in [-0.2, -0.15) is 0 Å². The topological polar surface area (TPSA) is 91.4 Å². The highest BCUT2D eigenvalue weighted by molar-refractivity contribution is 6.35. The van der Waals surface area contributed by atoms with E-state index in [1.165, 1.54) is 4.90 Å². The molecule has 1 fully saturated rings. The van der Waals surface area contributed by atoms with Crippen molar-refractivity contribution in [2.45, 2.75) is 70.6 Å². The van der Waals surface area contributed by atoms with Gasteiger partial charge >= 0.3 is 11.8 Å². The predicted molar refractivity (Wildman–Crippen MR) is 122 cm³/mol. The first kappa shape index (κ1) is 23.4. The summed E-state index contributed by atoms with van der Waals surface area (Å²) in [6, 6.07) is 11.7. The highest BCUT2D eigenvalue weighted by atomic mass is 16.2. The lowest BCUT2D eigenvalue weighted by Gasteiger charge is -2.33. The summed E-state index contributed by atoms with van der Waals surface area (Å²) in [7, 11) is 0. The van der Waals surface area contributed by atoms with Crippen molar-refractivity contribution in [1.29, 1.82) is 0 Å². The molecule has 1 heterocycles. The largest absolute Gasteiger partial charge is 0.349 e. The summed E-state index contributed by atoms with van der Waals surface area (Å²) in [5.41, 5.74) is 0.873. The van der Waals surface area contributed by atoms with E-state index >= 15 is 0 Å². The lowest BCUT2D eigenvalue weighted by molar-refractivity contribution is -0.151. The molecule has 0 radical (unpaired) electrons. The molecule has 2 aromatic rings. The molecule has 1 saturated carbocycles. The van der Waals surface area contributed by atoms with Crippen molar-refractivity contribution in [1.82, 2.24) is 20.5 Å². The molecule has 3 rings (SSSR count). The summed E-state index contributed by atoms with van der Waals surface area (Å²) in [5, 5.41) is 5.83. The Balaban J connectivity index is 1.97. The Morgan fingerprint density at radius 2 is 1.75 bits per heavy atom. The molecule has 2 N–H and O–H groups in total. The molecule has 170 valence electrons. The monoisotopic (exact) mass is 436 g/mol. The zero-order valence-corrected chi connectivity index (χ0v) is 19.0. The molecule has 1 aromatic carbocycles. The Morgan fingerprint density at radius 1 is 1.06 bits per heavy atom. The number of rotatable bonds is 6. The molecule has 0 bridgehead atoms. The molecule has 7 heteroatoms. The summed E-state index contributed by atoms with van der Waals surface area (Å²) in [6.07, 6.45) is 7.10. The molecule has 0 aliphatic heterocycles. The summed E-state index contributed by atoms with van der Waals surface area (Å²) in [5.74, 6) is -1.74. The number of carbonyl (C=O) groups excluding carboxylic acids is 3. The zero-order chi connectivity index (χ0) is 23.1. The number of carbonyl (C=O) groups is 3. The molecular weight excluding hydrogens is 404 g/mol. The molecule has 3 amide bonds. The maximum atomic E-state index is 13.4. The van der Waals surface area contributed by atoms with Gasteiger partial charge in [-0.3, -0.25) is 19.4 Å². The first-order valence-corrected chi connectivity index (χ1v) is 11.1. The van der Waals surface area contributed by atoms with Crippen molar-refractivity contribution in [2.24, 2.45) is 0 Å². The van der Waals surface area contributed by atoms with E-state index in [-0.39, 0.29) is 18.5 Å². The number of nitrogens with zero attached hydrogens (tertiary/aromatic N) is 2. The molecule has 0 unspecified atom stereocenters. The van der Waals surface area contributed by atoms with Crippen molar-refractivity contribution in [3.63, 3.8) is 0 Å². The Bertz CT molecular complexity index is 919. The van der Waals surface area contributed by atoms with Crippen LogP contribution < -0.4 is 10.6 Å². The van der Waals surface area contributed by atoms with Gasteiger partial charge in [-0.15, -0.1) is 0 Å². The average molecular weight is 437 g/mol. The Morgan fingerprint density at radius 3 is 2.34 bits per heavy atom. The standard InChI is InChI=1S/C25H32N4O3/c1-25(2,3)28-22(30)21(19-11-5-4-6-12-19)29(17-18-10-9-15-26-16-18)24(32)23(31)27-20-13-7-8-14-20/h4-6,9-12,15-16,20-21H,7-8,13-14,17H2,1-3H3,(H,27,31)(H,28,30)/t21-/m1/s1. The molecule has 0 saturated heterocycles. The van der Waals surface area contributed by atoms with Gasteiger partial charge in [0.25, 0.3) is 0 Å². The minimum absolute atomic E-state index is 0.00488. The lowest BCUT2D eigenvalue weighted by atomic mass is 10.0. The molecule has 1 aromatic heterocycles. The third-order valence-electron chi connectivity index (χ3n) is 5.39. The number of benzene rings is 1. The van der Waals surface area contributed by atoms with Crippen LogP contribution in [-0.4, -0.2) is 39.2 Å². The van der Waals surface area contributed by atoms with Crippen LogP contribution in [0.25, 0.3) is 0 Å². The van der Waals surface area contributed by atoms with E-state index in [2.05, 4.69) is 15.6 Å². The van der Waals surface area contributed by atoms with Crippen LogP contribution in [0.3, 0.4) is 0 Å². The molecule has 0 spiro atoms. The second-order valence-corrected chi connectivity index (χ2v) is 9.30. The van der Waals surface area contributed by atoms with Crippen LogP contribution in [0.15, 0.2) is 54.9 Å². The number of amides is 3. The first-order valence-electron chi connectivity index (χ1n) is 11.1. The second-order valence-electron chi connectivity index (χ2n) is 9.30. The van der Waals surface area contributed by atoms with Crippen LogP contribution in [-0.2, 0) is 20.9 Å². The van der Waals surface area contributed by atoms with Gasteiger partial charge in [-0.1, -0.05) is 49.2 Å². The number of nitrogens with one attached hydrogen (secondary N) is 2. The summed E-state index contributed by atoms with van der Waals surface area (Å²) in [4.78, 5) is 45.2. The van der Waals surface area contributed by atoms with E-state index in [9.17, 15) is 14.4 Å². The molecular formula is C25H32N4O3. The third kappa shape index (κ3) is 6.39. The fourth-order valence-corrected chi connectivity index (χ4v) is 3.96. The van der Waals surface area contributed by atoms with Gasteiger partial charge in [-0.25, -0.2) is 0 Å². The zero-order valence-electron chi connectivity index (χ0n) is 19.0. The summed E-state index contributed by atoms with van der Waals surface area (Å²) in [6.45, 7) is 5.73. The minimum atomic E-state index is -0.961. The Labute approximate surface area is 189 Å². The van der Waals surface area contributed by atoms with Crippen molar-refractivity contribution in [3.8, 4) is 0 Å². The fraction of sp³-hybridized carbons (Fsp3) is 0.440. The van der Waals surface area contributed by atoms with Gasteiger partial charge in [0.05, 0.1) is 0 Å². The highest BCUT2D eigenvalue weighted by Gasteiger charge is 2.36. The normalized spacial score (nSPS) is 15.1. The molecule has 1 aliphatic rings. The summed E-state index contributed by atoms with van der Waals surface area (Å²) >= 11 is 0. The second kappa shape index (κ2) is 10.4. The number of aromatic nitrogens is 1. The van der Waals surface area contributed by atoms with Crippen molar-refractivity contribution < 1.29 is 14.4 Å². The number of hydrogen-bond donors (Lipinski definition) is 2. The molecule has 7 nitrogen and oxygen atoms in total. The van der Waals surface area contributed by atoms with Crippen molar-refractivity contribution in [3.05, 3.63) is 66.0 Å². The van der Waals surface area contributed by atoms with Crippen LogP contribution in [0.2, 0.25) is 0 Å². The summed E-state index contributed by atoms with van der Waals surface area (Å²) < 4.78 is 0. The lowest BCUT2D eigenvalue weighted by Crippen LogP contribution is -2.52. The molecule has 1 aliphatic carbocycles. The van der Waals surface area contributed by atoms with Gasteiger partial charge in [0.1, 0.15) is 6.04 Å². The minimum Gasteiger partial charge on any atom is -0.349 e.